The number of methoxy groups -OCH3 is 1. The van der Waals surface area contributed by atoms with E-state index in [2.05, 4.69) is 26.0 Å². The van der Waals surface area contributed by atoms with Crippen LogP contribution in [0.25, 0.3) is 0 Å². The first-order chi connectivity index (χ1) is 9.22. The second-order valence-corrected chi connectivity index (χ2v) is 6.88. The van der Waals surface area contributed by atoms with Gasteiger partial charge in [0.1, 0.15) is 0 Å². The van der Waals surface area contributed by atoms with Gasteiger partial charge in [-0.05, 0) is 55.3 Å². The molecule has 4 unspecified atom stereocenters. The van der Waals surface area contributed by atoms with Crippen LogP contribution in [0.5, 0.6) is 0 Å². The van der Waals surface area contributed by atoms with Gasteiger partial charge >= 0.3 is 0 Å². The van der Waals surface area contributed by atoms with Crippen LogP contribution in [-0.2, 0) is 9.47 Å². The van der Waals surface area contributed by atoms with Crippen molar-refractivity contribution in [3.8, 4) is 0 Å². The van der Waals surface area contributed by atoms with Crippen molar-refractivity contribution >= 4 is 0 Å². The first kappa shape index (κ1) is 13.6. The van der Waals surface area contributed by atoms with E-state index in [1.165, 1.54) is 25.7 Å². The van der Waals surface area contributed by atoms with Gasteiger partial charge in [0.2, 0.25) is 0 Å². The number of fused-ring (bicyclic) bond motifs is 3. The Balaban J connectivity index is 1.76. The average molecular weight is 264 g/mol. The van der Waals surface area contributed by atoms with E-state index in [4.69, 9.17) is 9.47 Å². The molecule has 3 aliphatic rings. The molecule has 1 aliphatic heterocycles. The molecule has 2 aliphatic carbocycles. The molecule has 19 heavy (non-hydrogen) atoms. The summed E-state index contributed by atoms with van der Waals surface area (Å²) in [4.78, 5) is 0. The summed E-state index contributed by atoms with van der Waals surface area (Å²) in [6.07, 6.45) is 10.9. The topological polar surface area (TPSA) is 18.5 Å². The molecule has 0 bridgehead atoms. The number of hydrogen-bond acceptors (Lipinski definition) is 2. The molecular weight excluding hydrogens is 236 g/mol. The van der Waals surface area contributed by atoms with E-state index in [0.29, 0.717) is 24.0 Å². The fraction of sp³-hybridized carbons (Fsp3) is 0.882. The summed E-state index contributed by atoms with van der Waals surface area (Å²) in [6, 6.07) is 0. The van der Waals surface area contributed by atoms with E-state index in [-0.39, 0.29) is 0 Å². The zero-order valence-electron chi connectivity index (χ0n) is 12.5. The number of ether oxygens (including phenoxy) is 2. The van der Waals surface area contributed by atoms with Crippen molar-refractivity contribution in [1.82, 2.24) is 0 Å². The molecule has 0 spiro atoms. The van der Waals surface area contributed by atoms with Gasteiger partial charge in [0.05, 0.1) is 18.8 Å². The fourth-order valence-electron chi connectivity index (χ4n) is 4.56. The van der Waals surface area contributed by atoms with Crippen molar-refractivity contribution in [2.24, 2.45) is 29.6 Å². The average Bonchev–Trinajstić information content (AvgIpc) is 2.45. The molecule has 7 atom stereocenters. The van der Waals surface area contributed by atoms with Crippen molar-refractivity contribution in [3.05, 3.63) is 12.2 Å². The summed E-state index contributed by atoms with van der Waals surface area (Å²) in [6.45, 7) is 5.59. The highest BCUT2D eigenvalue weighted by Crippen LogP contribution is 2.46. The Morgan fingerprint density at radius 3 is 2.79 bits per heavy atom. The SMILES string of the molecule is CCC1C=C[C@H]2C(CO[C@H]3CC(C)[C@@H](OC)CC23)C1. The molecule has 1 saturated heterocycles. The van der Waals surface area contributed by atoms with Crippen LogP contribution < -0.4 is 0 Å². The van der Waals surface area contributed by atoms with Gasteiger partial charge in [0.25, 0.3) is 0 Å². The summed E-state index contributed by atoms with van der Waals surface area (Å²) in [5.74, 6) is 3.60. The van der Waals surface area contributed by atoms with Crippen molar-refractivity contribution in [1.29, 1.82) is 0 Å². The summed E-state index contributed by atoms with van der Waals surface area (Å²) >= 11 is 0. The second-order valence-electron chi connectivity index (χ2n) is 6.88. The quantitative estimate of drug-likeness (QED) is 0.709. The first-order valence-corrected chi connectivity index (χ1v) is 8.05. The maximum Gasteiger partial charge on any atom is 0.0613 e. The Labute approximate surface area is 117 Å². The Bertz CT molecular complexity index is 338. The monoisotopic (exact) mass is 264 g/mol. The van der Waals surface area contributed by atoms with Gasteiger partial charge in [-0.25, -0.2) is 0 Å². The maximum absolute atomic E-state index is 6.22. The molecule has 3 rings (SSSR count). The Hall–Kier alpha value is -0.340. The third kappa shape index (κ3) is 2.50. The molecule has 1 heterocycles. The van der Waals surface area contributed by atoms with Crippen molar-refractivity contribution in [2.45, 2.75) is 51.7 Å². The number of allylic oxidation sites excluding steroid dienone is 2. The summed E-state index contributed by atoms with van der Waals surface area (Å²) < 4.78 is 11.9. The van der Waals surface area contributed by atoms with Crippen LogP contribution in [0.2, 0.25) is 0 Å². The van der Waals surface area contributed by atoms with E-state index >= 15 is 0 Å². The van der Waals surface area contributed by atoms with Gasteiger partial charge in [0, 0.05) is 7.11 Å². The van der Waals surface area contributed by atoms with Crippen molar-refractivity contribution in [3.63, 3.8) is 0 Å². The van der Waals surface area contributed by atoms with Gasteiger partial charge in [-0.2, -0.15) is 0 Å². The third-order valence-corrected chi connectivity index (χ3v) is 5.82. The van der Waals surface area contributed by atoms with Gasteiger partial charge in [-0.1, -0.05) is 26.0 Å². The number of hydrogen-bond donors (Lipinski definition) is 0. The Kier molecular flexibility index (Phi) is 4.00. The van der Waals surface area contributed by atoms with E-state index < -0.39 is 0 Å². The highest BCUT2D eigenvalue weighted by Gasteiger charge is 2.45. The second kappa shape index (κ2) is 5.57. The van der Waals surface area contributed by atoms with E-state index in [0.717, 1.165) is 24.4 Å². The Morgan fingerprint density at radius 2 is 2.05 bits per heavy atom. The molecule has 0 aromatic heterocycles. The first-order valence-electron chi connectivity index (χ1n) is 8.05. The maximum atomic E-state index is 6.22. The lowest BCUT2D eigenvalue weighted by Crippen LogP contribution is -2.49. The molecule has 2 nitrogen and oxygen atoms in total. The lowest BCUT2D eigenvalue weighted by Gasteiger charge is -2.49. The van der Waals surface area contributed by atoms with Gasteiger partial charge in [-0.15, -0.1) is 0 Å². The lowest BCUT2D eigenvalue weighted by atomic mass is 9.64. The predicted molar refractivity (Wildman–Crippen MR) is 76.9 cm³/mol. The van der Waals surface area contributed by atoms with Gasteiger partial charge in [-0.3, -0.25) is 0 Å². The lowest BCUT2D eigenvalue weighted by molar-refractivity contribution is -0.140. The number of rotatable bonds is 2. The van der Waals surface area contributed by atoms with Crippen LogP contribution in [-0.4, -0.2) is 25.9 Å². The van der Waals surface area contributed by atoms with Crippen molar-refractivity contribution < 1.29 is 9.47 Å². The van der Waals surface area contributed by atoms with E-state index in [1.54, 1.807) is 0 Å². The van der Waals surface area contributed by atoms with Crippen LogP contribution in [0.4, 0.5) is 0 Å². The summed E-state index contributed by atoms with van der Waals surface area (Å²) in [7, 11) is 1.87. The molecule has 108 valence electrons. The van der Waals surface area contributed by atoms with Crippen LogP contribution in [0, 0.1) is 29.6 Å². The summed E-state index contributed by atoms with van der Waals surface area (Å²) in [5, 5.41) is 0. The highest BCUT2D eigenvalue weighted by molar-refractivity contribution is 5.07. The van der Waals surface area contributed by atoms with Crippen LogP contribution in [0.3, 0.4) is 0 Å². The molecule has 0 radical (unpaired) electrons. The molecule has 0 aromatic carbocycles. The minimum Gasteiger partial charge on any atom is -0.381 e. The Morgan fingerprint density at radius 1 is 1.21 bits per heavy atom. The van der Waals surface area contributed by atoms with Gasteiger partial charge in [0.15, 0.2) is 0 Å². The molecule has 1 saturated carbocycles. The van der Waals surface area contributed by atoms with E-state index in [1.807, 2.05) is 7.11 Å². The smallest absolute Gasteiger partial charge is 0.0613 e. The van der Waals surface area contributed by atoms with Crippen LogP contribution in [0.15, 0.2) is 12.2 Å². The molecule has 2 heteroatoms. The highest BCUT2D eigenvalue weighted by atomic mass is 16.5. The molecule has 0 aromatic rings. The minimum absolute atomic E-state index is 0.431. The molecular formula is C17H28O2. The molecule has 0 N–H and O–H groups in total. The molecule has 0 amide bonds. The molecule has 2 fully saturated rings. The normalized spacial score (nSPS) is 49.5. The zero-order valence-corrected chi connectivity index (χ0v) is 12.5. The fourth-order valence-corrected chi connectivity index (χ4v) is 4.56. The minimum atomic E-state index is 0.431. The van der Waals surface area contributed by atoms with Crippen LogP contribution >= 0.6 is 0 Å². The third-order valence-electron chi connectivity index (χ3n) is 5.82. The van der Waals surface area contributed by atoms with E-state index in [9.17, 15) is 0 Å². The standard InChI is InChI=1S/C17H28O2/c1-4-12-5-6-14-13(8-12)10-19-17-7-11(2)16(18-3)9-15(14)17/h5-6,11-17H,4,7-10H2,1-3H3/t11?,12?,13?,14-,15?,16-,17-/m0/s1. The largest absolute Gasteiger partial charge is 0.381 e. The predicted octanol–water partition coefficient (Wildman–Crippen LogP) is 3.66. The zero-order chi connectivity index (χ0) is 13.4. The van der Waals surface area contributed by atoms with Crippen LogP contribution in [0.1, 0.15) is 39.5 Å². The summed E-state index contributed by atoms with van der Waals surface area (Å²) in [5.41, 5.74) is 0. The van der Waals surface area contributed by atoms with Gasteiger partial charge < -0.3 is 9.47 Å². The van der Waals surface area contributed by atoms with Crippen molar-refractivity contribution in [2.75, 3.05) is 13.7 Å².